The molecule has 0 bridgehead atoms. The lowest BCUT2D eigenvalue weighted by molar-refractivity contribution is -0.870. The molecule has 2 aromatic carbocycles. The van der Waals surface area contributed by atoms with Crippen molar-refractivity contribution < 1.29 is 4.48 Å². The Labute approximate surface area is 146 Å². The number of quaternary nitrogens is 1. The lowest BCUT2D eigenvalue weighted by Crippen LogP contribution is -2.35. The summed E-state index contributed by atoms with van der Waals surface area (Å²) in [5.41, 5.74) is 4.10. The van der Waals surface area contributed by atoms with Crippen LogP contribution in [0.2, 0.25) is 0 Å². The quantitative estimate of drug-likeness (QED) is 0.407. The molecule has 0 atom stereocenters. The van der Waals surface area contributed by atoms with Crippen molar-refractivity contribution >= 4 is 21.8 Å². The lowest BCUT2D eigenvalue weighted by Gasteiger charge is -2.23. The van der Waals surface area contributed by atoms with E-state index in [9.17, 15) is 0 Å². The molecule has 0 aliphatic rings. The first-order chi connectivity index (χ1) is 11.5. The van der Waals surface area contributed by atoms with E-state index < -0.39 is 0 Å². The van der Waals surface area contributed by atoms with Gasteiger partial charge < -0.3 is 9.05 Å². The third-order valence-corrected chi connectivity index (χ3v) is 4.89. The van der Waals surface area contributed by atoms with Crippen LogP contribution in [-0.4, -0.2) is 36.7 Å². The second-order valence-corrected chi connectivity index (χ2v) is 8.12. The molecule has 3 rings (SSSR count). The van der Waals surface area contributed by atoms with Crippen molar-refractivity contribution in [3.8, 4) is 0 Å². The first-order valence-electron chi connectivity index (χ1n) is 9.24. The summed E-state index contributed by atoms with van der Waals surface area (Å²) >= 11 is 0. The fourth-order valence-corrected chi connectivity index (χ4v) is 3.62. The maximum atomic E-state index is 2.52. The summed E-state index contributed by atoms with van der Waals surface area (Å²) in [6, 6.07) is 15.7. The molecule has 2 heteroatoms. The van der Waals surface area contributed by atoms with Gasteiger partial charge in [-0.3, -0.25) is 0 Å². The minimum Gasteiger partial charge on any atom is -0.340 e. The van der Waals surface area contributed by atoms with E-state index in [2.05, 4.69) is 75.1 Å². The van der Waals surface area contributed by atoms with Crippen LogP contribution in [0.1, 0.15) is 31.2 Å². The topological polar surface area (TPSA) is 4.93 Å². The fourth-order valence-electron chi connectivity index (χ4n) is 3.62. The monoisotopic (exact) mass is 323 g/mol. The number of para-hydroxylation sites is 1. The molecule has 0 unspecified atom stereocenters. The first kappa shape index (κ1) is 17.0. The Morgan fingerprint density at radius 3 is 2.29 bits per heavy atom. The Morgan fingerprint density at radius 2 is 1.50 bits per heavy atom. The molecule has 0 aliphatic heterocycles. The van der Waals surface area contributed by atoms with E-state index in [0.717, 1.165) is 11.0 Å². The zero-order valence-electron chi connectivity index (χ0n) is 15.7. The van der Waals surface area contributed by atoms with Crippen LogP contribution in [0.15, 0.2) is 42.5 Å². The number of nitrogens with zero attached hydrogens (tertiary/aromatic N) is 2. The molecule has 0 radical (unpaired) electrons. The van der Waals surface area contributed by atoms with Gasteiger partial charge >= 0.3 is 0 Å². The second-order valence-electron chi connectivity index (χ2n) is 8.12. The van der Waals surface area contributed by atoms with Crippen LogP contribution in [0.3, 0.4) is 0 Å². The number of rotatable bonds is 7. The maximum Gasteiger partial charge on any atom is 0.0780 e. The maximum absolute atomic E-state index is 2.52. The van der Waals surface area contributed by atoms with Crippen molar-refractivity contribution in [1.82, 2.24) is 4.57 Å². The highest BCUT2D eigenvalue weighted by atomic mass is 15.3. The van der Waals surface area contributed by atoms with Gasteiger partial charge in [-0.2, -0.15) is 0 Å². The summed E-state index contributed by atoms with van der Waals surface area (Å²) < 4.78 is 3.59. The molecular formula is C22H31N2+. The Bertz CT molecular complexity index is 821. The largest absolute Gasteiger partial charge is 0.340 e. The molecule has 128 valence electrons. The molecule has 24 heavy (non-hydrogen) atoms. The Hall–Kier alpha value is -1.80. The fraction of sp³-hybridized carbons (Fsp3) is 0.455. The minimum atomic E-state index is 1.08. The van der Waals surface area contributed by atoms with Gasteiger partial charge in [-0.1, -0.05) is 36.2 Å². The van der Waals surface area contributed by atoms with Gasteiger partial charge in [-0.15, -0.1) is 0 Å². The van der Waals surface area contributed by atoms with E-state index in [0.29, 0.717) is 0 Å². The predicted octanol–water partition coefficient (Wildman–Crippen LogP) is 5.37. The summed E-state index contributed by atoms with van der Waals surface area (Å²) in [5, 5.41) is 2.79. The number of unbranched alkanes of at least 4 members (excludes halogenated alkanes) is 3. The summed E-state index contributed by atoms with van der Waals surface area (Å²) in [6.45, 7) is 4.57. The van der Waals surface area contributed by atoms with Crippen LogP contribution < -0.4 is 0 Å². The Morgan fingerprint density at radius 1 is 0.792 bits per heavy atom. The predicted molar refractivity (Wildman–Crippen MR) is 106 cm³/mol. The van der Waals surface area contributed by atoms with Gasteiger partial charge in [0.25, 0.3) is 0 Å². The molecular weight excluding hydrogens is 292 g/mol. The Balaban J connectivity index is 1.72. The number of aryl methyl sites for hydroxylation is 2. The first-order valence-corrected chi connectivity index (χ1v) is 9.24. The third kappa shape index (κ3) is 3.81. The molecule has 2 nitrogen and oxygen atoms in total. The molecule has 1 heterocycles. The molecule has 0 spiro atoms. The highest BCUT2D eigenvalue weighted by Gasteiger charge is 2.10. The number of hydrogen-bond donors (Lipinski definition) is 0. The van der Waals surface area contributed by atoms with Crippen molar-refractivity contribution in [1.29, 1.82) is 0 Å². The van der Waals surface area contributed by atoms with Crippen LogP contribution in [-0.2, 0) is 6.54 Å². The van der Waals surface area contributed by atoms with Gasteiger partial charge in [0.1, 0.15) is 0 Å². The van der Waals surface area contributed by atoms with Gasteiger partial charge in [-0.05, 0) is 44.4 Å². The second kappa shape index (κ2) is 6.98. The van der Waals surface area contributed by atoms with E-state index >= 15 is 0 Å². The van der Waals surface area contributed by atoms with Gasteiger partial charge in [-0.25, -0.2) is 0 Å². The molecule has 0 amide bonds. The smallest absolute Gasteiger partial charge is 0.0780 e. The molecule has 3 aromatic rings. The van der Waals surface area contributed by atoms with E-state index in [-0.39, 0.29) is 0 Å². The zero-order valence-corrected chi connectivity index (χ0v) is 15.7. The van der Waals surface area contributed by atoms with Gasteiger partial charge in [0.2, 0.25) is 0 Å². The van der Waals surface area contributed by atoms with Gasteiger partial charge in [0.15, 0.2) is 0 Å². The summed E-state index contributed by atoms with van der Waals surface area (Å²) in [7, 11) is 6.83. The average molecular weight is 324 g/mol. The van der Waals surface area contributed by atoms with Crippen molar-refractivity contribution in [2.45, 2.75) is 39.2 Å². The summed E-state index contributed by atoms with van der Waals surface area (Å²) in [6.07, 6.45) is 5.25. The van der Waals surface area contributed by atoms with Crippen LogP contribution in [0.4, 0.5) is 0 Å². The SMILES string of the molecule is Cc1ccc2c(c1)c1ccccc1n2CCCCCC[N+](C)(C)C. The van der Waals surface area contributed by atoms with Crippen molar-refractivity contribution in [3.63, 3.8) is 0 Å². The molecule has 1 aromatic heterocycles. The van der Waals surface area contributed by atoms with E-state index in [4.69, 9.17) is 0 Å². The highest BCUT2D eigenvalue weighted by Crippen LogP contribution is 2.30. The minimum absolute atomic E-state index is 1.08. The number of aromatic nitrogens is 1. The normalized spacial score (nSPS) is 12.3. The lowest BCUT2D eigenvalue weighted by atomic mass is 10.1. The summed E-state index contributed by atoms with van der Waals surface area (Å²) in [4.78, 5) is 0. The van der Waals surface area contributed by atoms with Crippen LogP contribution in [0.25, 0.3) is 21.8 Å². The zero-order chi connectivity index (χ0) is 17.2. The Kier molecular flexibility index (Phi) is 4.96. The van der Waals surface area contributed by atoms with E-state index in [1.54, 1.807) is 0 Å². The molecule has 0 fully saturated rings. The standard InChI is InChI=1S/C22H31N2/c1-18-13-14-22-20(17-18)19-11-7-8-12-21(19)23(22)15-9-5-6-10-16-24(2,3)4/h7-8,11-14,17H,5-6,9-10,15-16H2,1-4H3/q+1. The van der Waals surface area contributed by atoms with Crippen molar-refractivity contribution in [2.24, 2.45) is 0 Å². The van der Waals surface area contributed by atoms with E-state index in [1.165, 1.54) is 59.6 Å². The number of benzene rings is 2. The van der Waals surface area contributed by atoms with Crippen molar-refractivity contribution in [2.75, 3.05) is 27.7 Å². The molecule has 0 saturated heterocycles. The highest BCUT2D eigenvalue weighted by molar-refractivity contribution is 6.08. The average Bonchev–Trinajstić information content (AvgIpc) is 2.83. The van der Waals surface area contributed by atoms with Crippen LogP contribution in [0.5, 0.6) is 0 Å². The van der Waals surface area contributed by atoms with Crippen LogP contribution >= 0.6 is 0 Å². The van der Waals surface area contributed by atoms with Crippen molar-refractivity contribution in [3.05, 3.63) is 48.0 Å². The molecule has 0 saturated carbocycles. The van der Waals surface area contributed by atoms with Crippen LogP contribution in [0, 0.1) is 6.92 Å². The molecule has 0 N–H and O–H groups in total. The number of hydrogen-bond acceptors (Lipinski definition) is 0. The third-order valence-electron chi connectivity index (χ3n) is 4.89. The number of fused-ring (bicyclic) bond motifs is 3. The summed E-state index contributed by atoms with van der Waals surface area (Å²) in [5.74, 6) is 0. The van der Waals surface area contributed by atoms with E-state index in [1.807, 2.05) is 0 Å². The van der Waals surface area contributed by atoms with Gasteiger partial charge in [0.05, 0.1) is 27.7 Å². The molecule has 0 aliphatic carbocycles. The van der Waals surface area contributed by atoms with Gasteiger partial charge in [0, 0.05) is 28.4 Å².